The lowest BCUT2D eigenvalue weighted by atomic mass is 10.1. The molecule has 1 heterocycles. The number of rotatable bonds is 3. The molecule has 1 aliphatic heterocycles. The van der Waals surface area contributed by atoms with Crippen LogP contribution in [0.1, 0.15) is 5.56 Å². The van der Waals surface area contributed by atoms with Crippen LogP contribution in [0.3, 0.4) is 0 Å². The van der Waals surface area contributed by atoms with Crippen LogP contribution in [0.2, 0.25) is 0 Å². The van der Waals surface area contributed by atoms with Crippen LogP contribution in [-0.2, 0) is 14.3 Å². The van der Waals surface area contributed by atoms with Crippen LogP contribution in [0.5, 0.6) is 0 Å². The molecule has 1 atom stereocenters. The Morgan fingerprint density at radius 1 is 1.40 bits per heavy atom. The van der Waals surface area contributed by atoms with Crippen LogP contribution in [0.4, 0.5) is 0 Å². The van der Waals surface area contributed by atoms with E-state index in [1.807, 2.05) is 30.3 Å². The number of hydrazine groups is 1. The van der Waals surface area contributed by atoms with E-state index in [4.69, 9.17) is 10.0 Å². The largest absolute Gasteiger partial charge is 0.357 e. The van der Waals surface area contributed by atoms with Gasteiger partial charge in [0.2, 0.25) is 0 Å². The van der Waals surface area contributed by atoms with Crippen molar-refractivity contribution in [1.82, 2.24) is 10.7 Å². The second-order valence-electron chi connectivity index (χ2n) is 4.23. The van der Waals surface area contributed by atoms with Crippen LogP contribution in [0.15, 0.2) is 41.4 Å². The second-order valence-corrected chi connectivity index (χ2v) is 5.83. The normalized spacial score (nSPS) is 19.4. The monoisotopic (exact) mass is 296 g/mol. The van der Waals surface area contributed by atoms with E-state index in [0.717, 1.165) is 11.8 Å². The minimum atomic E-state index is -3.58. The topological polar surface area (TPSA) is 106 Å². The Bertz CT molecular complexity index is 625. The Hall–Kier alpha value is -1.90. The lowest BCUT2D eigenvalue weighted by molar-refractivity contribution is 0.203. The zero-order chi connectivity index (χ0) is 14.6. The SMILES string of the molecule is CS(=O)(=O)OC1CN=C(NN)C=C(c2ccccc2)N1. The molecule has 0 fully saturated rings. The summed E-state index contributed by atoms with van der Waals surface area (Å²) in [6.45, 7) is 0.124. The summed E-state index contributed by atoms with van der Waals surface area (Å²) in [4.78, 5) is 4.14. The summed E-state index contributed by atoms with van der Waals surface area (Å²) < 4.78 is 27.4. The first-order chi connectivity index (χ1) is 9.48. The van der Waals surface area contributed by atoms with Gasteiger partial charge in [0.25, 0.3) is 10.1 Å². The predicted octanol–water partition coefficient (Wildman–Crippen LogP) is -0.205. The summed E-state index contributed by atoms with van der Waals surface area (Å²) in [5.74, 6) is 5.81. The van der Waals surface area contributed by atoms with Crippen molar-refractivity contribution in [3.63, 3.8) is 0 Å². The lowest BCUT2D eigenvalue weighted by Crippen LogP contribution is -2.34. The van der Waals surface area contributed by atoms with Gasteiger partial charge in [-0.1, -0.05) is 30.3 Å². The number of hydrogen-bond donors (Lipinski definition) is 3. The highest BCUT2D eigenvalue weighted by atomic mass is 32.2. The maximum Gasteiger partial charge on any atom is 0.266 e. The minimum absolute atomic E-state index is 0.124. The summed E-state index contributed by atoms with van der Waals surface area (Å²) in [7, 11) is -3.58. The first-order valence-electron chi connectivity index (χ1n) is 5.91. The van der Waals surface area contributed by atoms with Crippen LogP contribution >= 0.6 is 0 Å². The molecule has 7 nitrogen and oxygen atoms in total. The van der Waals surface area contributed by atoms with E-state index in [9.17, 15) is 8.42 Å². The third kappa shape index (κ3) is 4.05. The Morgan fingerprint density at radius 2 is 2.10 bits per heavy atom. The van der Waals surface area contributed by atoms with Crippen molar-refractivity contribution in [2.24, 2.45) is 10.8 Å². The first kappa shape index (κ1) is 14.5. The zero-order valence-electron chi connectivity index (χ0n) is 10.9. The third-order valence-corrected chi connectivity index (χ3v) is 3.13. The van der Waals surface area contributed by atoms with Crippen LogP contribution in [0.25, 0.3) is 5.70 Å². The molecule has 0 saturated heterocycles. The number of amidine groups is 1. The average molecular weight is 296 g/mol. The van der Waals surface area contributed by atoms with Gasteiger partial charge in [-0.05, 0) is 5.56 Å². The van der Waals surface area contributed by atoms with Crippen molar-refractivity contribution >= 4 is 21.7 Å². The molecule has 0 aliphatic carbocycles. The number of nitrogens with zero attached hydrogens (tertiary/aromatic N) is 1. The molecule has 108 valence electrons. The molecular formula is C12H16N4O3S. The van der Waals surface area contributed by atoms with Gasteiger partial charge in [-0.2, -0.15) is 8.42 Å². The van der Waals surface area contributed by atoms with Crippen molar-refractivity contribution in [2.75, 3.05) is 12.8 Å². The molecule has 1 aliphatic rings. The fourth-order valence-corrected chi connectivity index (χ4v) is 2.29. The molecule has 20 heavy (non-hydrogen) atoms. The highest BCUT2D eigenvalue weighted by Crippen LogP contribution is 2.15. The van der Waals surface area contributed by atoms with Gasteiger partial charge in [-0.3, -0.25) is 4.99 Å². The van der Waals surface area contributed by atoms with E-state index in [1.54, 1.807) is 6.08 Å². The van der Waals surface area contributed by atoms with Crippen molar-refractivity contribution < 1.29 is 12.6 Å². The molecule has 0 saturated carbocycles. The number of nitrogens with two attached hydrogens (primary N) is 1. The molecule has 1 aromatic rings. The van der Waals surface area contributed by atoms with E-state index in [2.05, 4.69) is 15.7 Å². The van der Waals surface area contributed by atoms with Crippen LogP contribution in [0, 0.1) is 0 Å². The van der Waals surface area contributed by atoms with Crippen molar-refractivity contribution in [3.05, 3.63) is 42.0 Å². The van der Waals surface area contributed by atoms with Crippen molar-refractivity contribution in [3.8, 4) is 0 Å². The smallest absolute Gasteiger partial charge is 0.266 e. The highest BCUT2D eigenvalue weighted by molar-refractivity contribution is 7.86. The Balaban J connectivity index is 2.29. The third-order valence-electron chi connectivity index (χ3n) is 2.55. The molecule has 8 heteroatoms. The minimum Gasteiger partial charge on any atom is -0.357 e. The molecule has 0 amide bonds. The summed E-state index contributed by atoms with van der Waals surface area (Å²) in [6, 6.07) is 9.41. The molecule has 0 radical (unpaired) electrons. The maximum absolute atomic E-state index is 11.2. The number of hydrogen-bond acceptors (Lipinski definition) is 7. The highest BCUT2D eigenvalue weighted by Gasteiger charge is 2.19. The van der Waals surface area contributed by atoms with Gasteiger partial charge >= 0.3 is 0 Å². The zero-order valence-corrected chi connectivity index (χ0v) is 11.7. The van der Waals surface area contributed by atoms with E-state index >= 15 is 0 Å². The summed E-state index contributed by atoms with van der Waals surface area (Å²) >= 11 is 0. The summed E-state index contributed by atoms with van der Waals surface area (Å²) in [5, 5.41) is 3.00. The standard InChI is InChI=1S/C12H16N4O3S/c1-20(17,18)19-12-8-14-11(16-13)7-10(15-12)9-5-3-2-4-6-9/h2-7,12,15H,8,13H2,1H3,(H,14,16). The Morgan fingerprint density at radius 3 is 2.70 bits per heavy atom. The van der Waals surface area contributed by atoms with Gasteiger partial charge < -0.3 is 10.7 Å². The molecule has 1 aromatic carbocycles. The summed E-state index contributed by atoms with van der Waals surface area (Å²) in [5.41, 5.74) is 4.00. The van der Waals surface area contributed by atoms with Gasteiger partial charge in [0.15, 0.2) is 6.23 Å². The Kier molecular flexibility index (Phi) is 4.38. The number of nitrogens with one attached hydrogen (secondary N) is 2. The van der Waals surface area contributed by atoms with Crippen LogP contribution in [-0.4, -0.2) is 33.3 Å². The summed E-state index contributed by atoms with van der Waals surface area (Å²) in [6.07, 6.45) is 1.92. The van der Waals surface area contributed by atoms with Gasteiger partial charge in [-0.25, -0.2) is 10.0 Å². The molecule has 0 aromatic heterocycles. The lowest BCUT2D eigenvalue weighted by Gasteiger charge is -2.17. The molecular weight excluding hydrogens is 280 g/mol. The van der Waals surface area contributed by atoms with Gasteiger partial charge in [0.1, 0.15) is 5.84 Å². The number of aliphatic imine (C=N–C) groups is 1. The van der Waals surface area contributed by atoms with E-state index < -0.39 is 16.3 Å². The molecule has 0 spiro atoms. The van der Waals surface area contributed by atoms with Gasteiger partial charge in [0.05, 0.1) is 12.8 Å². The fraction of sp³-hybridized carbons (Fsp3) is 0.250. The van der Waals surface area contributed by atoms with Gasteiger partial charge in [-0.15, -0.1) is 0 Å². The van der Waals surface area contributed by atoms with Crippen molar-refractivity contribution in [2.45, 2.75) is 6.23 Å². The Labute approximate surface area is 117 Å². The van der Waals surface area contributed by atoms with E-state index in [-0.39, 0.29) is 6.54 Å². The van der Waals surface area contributed by atoms with Gasteiger partial charge in [0, 0.05) is 11.8 Å². The van der Waals surface area contributed by atoms with Crippen molar-refractivity contribution in [1.29, 1.82) is 0 Å². The fourth-order valence-electron chi connectivity index (χ4n) is 1.76. The molecule has 2 rings (SSSR count). The average Bonchev–Trinajstić information content (AvgIpc) is 2.60. The molecule has 1 unspecified atom stereocenters. The maximum atomic E-state index is 11.2. The quantitative estimate of drug-likeness (QED) is 0.405. The van der Waals surface area contributed by atoms with Crippen LogP contribution < -0.4 is 16.6 Å². The molecule has 4 N–H and O–H groups in total. The first-order valence-corrected chi connectivity index (χ1v) is 7.72. The second kappa shape index (κ2) is 6.04. The number of benzene rings is 1. The predicted molar refractivity (Wildman–Crippen MR) is 76.9 cm³/mol. The van der Waals surface area contributed by atoms with E-state index in [0.29, 0.717) is 11.5 Å². The van der Waals surface area contributed by atoms with E-state index in [1.165, 1.54) is 0 Å². The molecule has 0 bridgehead atoms.